The number of hydrogen-bond acceptors (Lipinski definition) is 3. The number of carbonyl (C=O) groups excluding carboxylic acids is 1. The van der Waals surface area contributed by atoms with Crippen LogP contribution in [0.5, 0.6) is 0 Å². The van der Waals surface area contributed by atoms with Gasteiger partial charge in [0.15, 0.2) is 0 Å². The molecule has 6 heteroatoms. The van der Waals surface area contributed by atoms with Gasteiger partial charge in [-0.1, -0.05) is 6.92 Å². The Morgan fingerprint density at radius 1 is 1.41 bits per heavy atom. The van der Waals surface area contributed by atoms with Gasteiger partial charge >= 0.3 is 0 Å². The Morgan fingerprint density at radius 2 is 1.94 bits per heavy atom. The number of rotatable bonds is 4. The molecule has 0 saturated heterocycles. The summed E-state index contributed by atoms with van der Waals surface area (Å²) in [6.45, 7) is 3.70. The average molecular weight is 280 g/mol. The monoisotopic (exact) mass is 279 g/mol. The molecule has 0 aromatic carbocycles. The van der Waals surface area contributed by atoms with Crippen molar-refractivity contribution in [1.82, 2.24) is 10.3 Å². The molecular formula is C11H19Cl2N3O. The highest BCUT2D eigenvalue weighted by molar-refractivity contribution is 5.85. The Balaban J connectivity index is 0. The van der Waals surface area contributed by atoms with Crippen molar-refractivity contribution in [1.29, 1.82) is 0 Å². The van der Waals surface area contributed by atoms with Crippen molar-refractivity contribution < 1.29 is 4.79 Å². The third-order valence-electron chi connectivity index (χ3n) is 2.25. The molecule has 4 nitrogen and oxygen atoms in total. The van der Waals surface area contributed by atoms with Crippen LogP contribution in [0.3, 0.4) is 0 Å². The zero-order valence-corrected chi connectivity index (χ0v) is 11.6. The fraction of sp³-hybridized carbons (Fsp3) is 0.455. The molecule has 1 aromatic heterocycles. The Morgan fingerprint density at radius 3 is 2.35 bits per heavy atom. The number of nitrogens with one attached hydrogen (secondary N) is 1. The third-order valence-corrected chi connectivity index (χ3v) is 2.25. The SMILES string of the molecule is CCC(NC(=O)[C@@H](C)N)c1ccncc1.Cl.Cl. The van der Waals surface area contributed by atoms with Gasteiger partial charge in [-0.15, -0.1) is 24.8 Å². The predicted octanol–water partition coefficient (Wildman–Crippen LogP) is 1.84. The van der Waals surface area contributed by atoms with Gasteiger partial charge in [-0.05, 0) is 31.0 Å². The first kappa shape index (κ1) is 18.5. The smallest absolute Gasteiger partial charge is 0.237 e. The van der Waals surface area contributed by atoms with Crippen LogP contribution in [-0.4, -0.2) is 16.9 Å². The Kier molecular flexibility index (Phi) is 10.0. The van der Waals surface area contributed by atoms with E-state index in [4.69, 9.17) is 5.73 Å². The largest absolute Gasteiger partial charge is 0.348 e. The summed E-state index contributed by atoms with van der Waals surface area (Å²) in [7, 11) is 0. The van der Waals surface area contributed by atoms with Crippen LogP contribution in [0.2, 0.25) is 0 Å². The highest BCUT2D eigenvalue weighted by Crippen LogP contribution is 2.14. The molecule has 0 fully saturated rings. The van der Waals surface area contributed by atoms with Crippen molar-refractivity contribution in [3.63, 3.8) is 0 Å². The maximum Gasteiger partial charge on any atom is 0.237 e. The number of amides is 1. The van der Waals surface area contributed by atoms with Gasteiger partial charge in [0.25, 0.3) is 0 Å². The molecule has 3 N–H and O–H groups in total. The van der Waals surface area contributed by atoms with E-state index in [-0.39, 0.29) is 36.8 Å². The molecule has 1 unspecified atom stereocenters. The maximum atomic E-state index is 11.4. The van der Waals surface area contributed by atoms with Crippen molar-refractivity contribution in [2.75, 3.05) is 0 Å². The number of halogens is 2. The fourth-order valence-corrected chi connectivity index (χ4v) is 1.32. The van der Waals surface area contributed by atoms with Crippen LogP contribution in [0.25, 0.3) is 0 Å². The molecule has 1 heterocycles. The first-order valence-corrected chi connectivity index (χ1v) is 5.11. The second-order valence-corrected chi connectivity index (χ2v) is 3.54. The van der Waals surface area contributed by atoms with E-state index in [0.717, 1.165) is 12.0 Å². The molecule has 17 heavy (non-hydrogen) atoms. The summed E-state index contributed by atoms with van der Waals surface area (Å²) in [4.78, 5) is 15.4. The molecular weight excluding hydrogens is 261 g/mol. The van der Waals surface area contributed by atoms with E-state index in [1.807, 2.05) is 19.1 Å². The second kappa shape index (κ2) is 9.22. The van der Waals surface area contributed by atoms with Crippen LogP contribution in [0.1, 0.15) is 31.9 Å². The summed E-state index contributed by atoms with van der Waals surface area (Å²) in [5.74, 6) is -0.126. The normalized spacial score (nSPS) is 12.6. The van der Waals surface area contributed by atoms with Crippen LogP contribution < -0.4 is 11.1 Å². The maximum absolute atomic E-state index is 11.4. The average Bonchev–Trinajstić information content (AvgIpc) is 2.26. The van der Waals surface area contributed by atoms with Gasteiger partial charge in [0.2, 0.25) is 5.91 Å². The van der Waals surface area contributed by atoms with Crippen molar-refractivity contribution in [3.05, 3.63) is 30.1 Å². The highest BCUT2D eigenvalue weighted by atomic mass is 35.5. The topological polar surface area (TPSA) is 68.0 Å². The number of carbonyl (C=O) groups is 1. The van der Waals surface area contributed by atoms with Crippen LogP contribution >= 0.6 is 24.8 Å². The molecule has 0 spiro atoms. The van der Waals surface area contributed by atoms with Crippen LogP contribution in [-0.2, 0) is 4.79 Å². The lowest BCUT2D eigenvalue weighted by Gasteiger charge is -2.18. The van der Waals surface area contributed by atoms with Gasteiger partial charge in [0.05, 0.1) is 12.1 Å². The van der Waals surface area contributed by atoms with E-state index >= 15 is 0 Å². The standard InChI is InChI=1S/C11H17N3O.2ClH/c1-3-10(14-11(15)8(2)12)9-4-6-13-7-5-9;;/h4-8,10H,3,12H2,1-2H3,(H,14,15);2*1H/t8-,10?;;/m1../s1. The van der Waals surface area contributed by atoms with Gasteiger partial charge in [-0.2, -0.15) is 0 Å². The third kappa shape index (κ3) is 5.86. The molecule has 1 rings (SSSR count). The molecule has 0 aliphatic rings. The highest BCUT2D eigenvalue weighted by Gasteiger charge is 2.14. The lowest BCUT2D eigenvalue weighted by molar-refractivity contribution is -0.122. The molecule has 1 amide bonds. The van der Waals surface area contributed by atoms with E-state index in [1.165, 1.54) is 0 Å². The minimum Gasteiger partial charge on any atom is -0.348 e. The molecule has 0 aliphatic carbocycles. The summed E-state index contributed by atoms with van der Waals surface area (Å²) in [6, 6.07) is 3.35. The van der Waals surface area contributed by atoms with E-state index in [2.05, 4.69) is 10.3 Å². The zero-order chi connectivity index (χ0) is 11.3. The second-order valence-electron chi connectivity index (χ2n) is 3.54. The van der Waals surface area contributed by atoms with Gasteiger partial charge in [0, 0.05) is 12.4 Å². The predicted molar refractivity (Wildman–Crippen MR) is 73.6 cm³/mol. The molecule has 0 saturated carbocycles. The van der Waals surface area contributed by atoms with Crippen LogP contribution in [0.15, 0.2) is 24.5 Å². The lowest BCUT2D eigenvalue weighted by Crippen LogP contribution is -2.40. The first-order valence-electron chi connectivity index (χ1n) is 5.11. The first-order chi connectivity index (χ1) is 7.15. The minimum atomic E-state index is -0.471. The van der Waals surface area contributed by atoms with Crippen LogP contribution in [0, 0.1) is 0 Å². The lowest BCUT2D eigenvalue weighted by atomic mass is 10.1. The Hall–Kier alpha value is -0.840. The molecule has 0 aliphatic heterocycles. The summed E-state index contributed by atoms with van der Waals surface area (Å²) in [6.07, 6.45) is 4.27. The van der Waals surface area contributed by atoms with Gasteiger partial charge in [0.1, 0.15) is 0 Å². The number of hydrogen-bond donors (Lipinski definition) is 2. The van der Waals surface area contributed by atoms with Crippen molar-refractivity contribution in [2.45, 2.75) is 32.4 Å². The van der Waals surface area contributed by atoms with Crippen molar-refractivity contribution in [2.24, 2.45) is 5.73 Å². The van der Waals surface area contributed by atoms with E-state index < -0.39 is 6.04 Å². The zero-order valence-electron chi connectivity index (χ0n) is 9.92. The fourth-order valence-electron chi connectivity index (χ4n) is 1.32. The number of aromatic nitrogens is 1. The quantitative estimate of drug-likeness (QED) is 0.884. The Labute approximate surface area is 114 Å². The number of nitrogens with two attached hydrogens (primary N) is 1. The molecule has 98 valence electrons. The summed E-state index contributed by atoms with van der Waals surface area (Å²) >= 11 is 0. The van der Waals surface area contributed by atoms with Crippen molar-refractivity contribution >= 4 is 30.7 Å². The van der Waals surface area contributed by atoms with Gasteiger partial charge < -0.3 is 11.1 Å². The number of nitrogens with zero attached hydrogens (tertiary/aromatic N) is 1. The van der Waals surface area contributed by atoms with Crippen LogP contribution in [0.4, 0.5) is 0 Å². The molecule has 0 radical (unpaired) electrons. The minimum absolute atomic E-state index is 0. The van der Waals surface area contributed by atoms with Gasteiger partial charge in [-0.25, -0.2) is 0 Å². The summed E-state index contributed by atoms with van der Waals surface area (Å²) < 4.78 is 0. The Bertz CT molecular complexity index is 320. The number of pyridine rings is 1. The summed E-state index contributed by atoms with van der Waals surface area (Å²) in [5.41, 5.74) is 6.55. The molecule has 0 bridgehead atoms. The van der Waals surface area contributed by atoms with Gasteiger partial charge in [-0.3, -0.25) is 9.78 Å². The summed E-state index contributed by atoms with van der Waals surface area (Å²) in [5, 5.41) is 2.89. The van der Waals surface area contributed by atoms with Crippen molar-refractivity contribution in [3.8, 4) is 0 Å². The van der Waals surface area contributed by atoms with E-state index in [9.17, 15) is 4.79 Å². The van der Waals surface area contributed by atoms with E-state index in [1.54, 1.807) is 19.3 Å². The molecule has 2 atom stereocenters. The molecule has 1 aromatic rings. The van der Waals surface area contributed by atoms with E-state index in [0.29, 0.717) is 0 Å².